The van der Waals surface area contributed by atoms with Gasteiger partial charge in [-0.15, -0.1) is 0 Å². The molecular weight excluding hydrogens is 178 g/mol. The van der Waals surface area contributed by atoms with Crippen LogP contribution < -0.4 is 0 Å². The quantitative estimate of drug-likeness (QED) is 0.654. The van der Waals surface area contributed by atoms with Crippen molar-refractivity contribution in [3.05, 3.63) is 0 Å². The molecule has 0 aliphatic heterocycles. The molecule has 0 aliphatic carbocycles. The zero-order chi connectivity index (χ0) is 10.7. The van der Waals surface area contributed by atoms with Gasteiger partial charge in [0.05, 0.1) is 6.07 Å². The molecule has 0 radical (unpaired) electrons. The van der Waals surface area contributed by atoms with E-state index in [1.165, 1.54) is 0 Å². The Labute approximate surface area is 83.0 Å². The van der Waals surface area contributed by atoms with E-state index in [0.717, 1.165) is 6.42 Å². The number of rotatable bonds is 3. The third-order valence-electron chi connectivity index (χ3n) is 1.44. The van der Waals surface area contributed by atoms with Crippen LogP contribution in [0, 0.1) is 16.7 Å². The minimum absolute atomic E-state index is 0.167. The highest BCUT2D eigenvalue weighted by Crippen LogP contribution is 2.23. The first-order chi connectivity index (χ1) is 5.64. The minimum Gasteiger partial charge on any atom is -0.402 e. The van der Waals surface area contributed by atoms with Crippen molar-refractivity contribution in [1.29, 1.82) is 5.26 Å². The minimum atomic E-state index is -1.56. The van der Waals surface area contributed by atoms with Gasteiger partial charge in [0.25, 0.3) is 0 Å². The maximum atomic E-state index is 8.90. The van der Waals surface area contributed by atoms with Crippen molar-refractivity contribution in [2.45, 2.75) is 52.9 Å². The van der Waals surface area contributed by atoms with Crippen molar-refractivity contribution in [2.75, 3.05) is 0 Å². The largest absolute Gasteiger partial charge is 0.402 e. The third kappa shape index (κ3) is 8.01. The van der Waals surface area contributed by atoms with Crippen molar-refractivity contribution in [1.82, 2.24) is 0 Å². The van der Waals surface area contributed by atoms with E-state index in [9.17, 15) is 0 Å². The van der Waals surface area contributed by atoms with E-state index in [1.54, 1.807) is 0 Å². The summed E-state index contributed by atoms with van der Waals surface area (Å²) in [5.74, 6) is 0. The molecule has 13 heavy (non-hydrogen) atoms. The second-order valence-corrected chi connectivity index (χ2v) is 10.1. The number of nitrogens with zero attached hydrogens (tertiary/aromatic N) is 1. The smallest absolute Gasteiger partial charge is 0.185 e. The van der Waals surface area contributed by atoms with Crippen LogP contribution in [0.4, 0.5) is 0 Å². The molecule has 76 valence electrons. The first-order valence-corrected chi connectivity index (χ1v) is 8.12. The van der Waals surface area contributed by atoms with Gasteiger partial charge >= 0.3 is 0 Å². The highest BCUT2D eigenvalue weighted by molar-refractivity contribution is 6.69. The highest BCUT2D eigenvalue weighted by Gasteiger charge is 2.24. The SMILES string of the molecule is CC(C)(C)C[C@@H](C#N)O[Si](C)(C)C. The van der Waals surface area contributed by atoms with Crippen LogP contribution in [0.5, 0.6) is 0 Å². The fourth-order valence-corrected chi connectivity index (χ4v) is 2.09. The summed E-state index contributed by atoms with van der Waals surface area (Å²) in [4.78, 5) is 0. The van der Waals surface area contributed by atoms with E-state index < -0.39 is 8.32 Å². The van der Waals surface area contributed by atoms with Crippen molar-refractivity contribution >= 4 is 8.32 Å². The molecule has 1 atom stereocenters. The van der Waals surface area contributed by atoms with Gasteiger partial charge in [-0.05, 0) is 31.5 Å². The van der Waals surface area contributed by atoms with Crippen LogP contribution in [-0.4, -0.2) is 14.4 Å². The Balaban J connectivity index is 4.16. The molecule has 3 heteroatoms. The van der Waals surface area contributed by atoms with Crippen molar-refractivity contribution < 1.29 is 4.43 Å². The molecule has 2 nitrogen and oxygen atoms in total. The summed E-state index contributed by atoms with van der Waals surface area (Å²) in [5.41, 5.74) is 0.167. The molecule has 0 N–H and O–H groups in total. The normalized spacial score (nSPS) is 15.2. The molecule has 0 saturated heterocycles. The molecule has 0 bridgehead atoms. The molecule has 0 fully saturated rings. The molecule has 0 heterocycles. The maximum absolute atomic E-state index is 8.90. The molecule has 0 aliphatic rings. The highest BCUT2D eigenvalue weighted by atomic mass is 28.4. The lowest BCUT2D eigenvalue weighted by molar-refractivity contribution is 0.183. The molecule has 0 aromatic carbocycles. The van der Waals surface area contributed by atoms with E-state index >= 15 is 0 Å². The number of hydrogen-bond donors (Lipinski definition) is 0. The van der Waals surface area contributed by atoms with Gasteiger partial charge in [0.2, 0.25) is 0 Å². The molecule has 0 aromatic rings. The lowest BCUT2D eigenvalue weighted by atomic mass is 9.90. The lowest BCUT2D eigenvalue weighted by Crippen LogP contribution is -2.33. The Hall–Kier alpha value is -0.333. The van der Waals surface area contributed by atoms with Crippen molar-refractivity contribution in [2.24, 2.45) is 5.41 Å². The maximum Gasteiger partial charge on any atom is 0.185 e. The second-order valence-electron chi connectivity index (χ2n) is 5.61. The number of nitriles is 1. The first kappa shape index (κ1) is 12.7. The van der Waals surface area contributed by atoms with E-state index in [4.69, 9.17) is 9.69 Å². The van der Waals surface area contributed by atoms with Gasteiger partial charge in [-0.1, -0.05) is 20.8 Å². The molecule has 0 spiro atoms. The summed E-state index contributed by atoms with van der Waals surface area (Å²) in [5, 5.41) is 8.90. The Kier molecular flexibility index (Phi) is 4.14. The molecule has 0 unspecified atom stereocenters. The number of hydrogen-bond acceptors (Lipinski definition) is 2. The van der Waals surface area contributed by atoms with E-state index in [-0.39, 0.29) is 11.5 Å². The molecule has 0 amide bonds. The van der Waals surface area contributed by atoms with Crippen molar-refractivity contribution in [3.63, 3.8) is 0 Å². The monoisotopic (exact) mass is 199 g/mol. The van der Waals surface area contributed by atoms with Gasteiger partial charge in [-0.25, -0.2) is 0 Å². The van der Waals surface area contributed by atoms with Gasteiger partial charge in [0.1, 0.15) is 6.10 Å². The summed E-state index contributed by atoms with van der Waals surface area (Å²) in [6, 6.07) is 2.23. The van der Waals surface area contributed by atoms with Gasteiger partial charge < -0.3 is 4.43 Å². The molecule has 0 rings (SSSR count). The van der Waals surface area contributed by atoms with Gasteiger partial charge in [0, 0.05) is 0 Å². The Bertz CT molecular complexity index is 178. The Morgan fingerprint density at radius 3 is 2.00 bits per heavy atom. The van der Waals surface area contributed by atoms with Gasteiger partial charge in [0.15, 0.2) is 8.32 Å². The third-order valence-corrected chi connectivity index (χ3v) is 2.43. The second kappa shape index (κ2) is 4.25. The average molecular weight is 199 g/mol. The first-order valence-electron chi connectivity index (χ1n) is 4.71. The van der Waals surface area contributed by atoms with E-state index in [2.05, 4.69) is 46.5 Å². The van der Waals surface area contributed by atoms with Gasteiger partial charge in [-0.2, -0.15) is 5.26 Å². The van der Waals surface area contributed by atoms with E-state index in [0.29, 0.717) is 0 Å². The molecule has 0 aromatic heterocycles. The predicted molar refractivity (Wildman–Crippen MR) is 57.9 cm³/mol. The molecular formula is C10H21NOSi. The van der Waals surface area contributed by atoms with Crippen LogP contribution in [0.25, 0.3) is 0 Å². The predicted octanol–water partition coefficient (Wildman–Crippen LogP) is 3.17. The zero-order valence-electron chi connectivity index (χ0n) is 9.64. The van der Waals surface area contributed by atoms with Crippen LogP contribution in [0.2, 0.25) is 19.6 Å². The fraction of sp³-hybridized carbons (Fsp3) is 0.900. The van der Waals surface area contributed by atoms with Gasteiger partial charge in [-0.3, -0.25) is 0 Å². The standard InChI is InChI=1S/C10H21NOSi/c1-10(2,3)7-9(8-11)12-13(4,5)6/h9H,7H2,1-6H3/t9-/m0/s1. The average Bonchev–Trinajstić information content (AvgIpc) is 1.79. The van der Waals surface area contributed by atoms with Crippen LogP contribution in [-0.2, 0) is 4.43 Å². The summed E-state index contributed by atoms with van der Waals surface area (Å²) in [6.45, 7) is 12.7. The Morgan fingerprint density at radius 2 is 1.77 bits per heavy atom. The summed E-state index contributed by atoms with van der Waals surface area (Å²) < 4.78 is 5.74. The summed E-state index contributed by atoms with van der Waals surface area (Å²) >= 11 is 0. The lowest BCUT2D eigenvalue weighted by Gasteiger charge is -2.26. The summed E-state index contributed by atoms with van der Waals surface area (Å²) in [6.07, 6.45) is 0.583. The Morgan fingerprint density at radius 1 is 1.31 bits per heavy atom. The van der Waals surface area contributed by atoms with E-state index in [1.807, 2.05) is 0 Å². The van der Waals surface area contributed by atoms with Crippen molar-refractivity contribution in [3.8, 4) is 6.07 Å². The molecule has 0 saturated carbocycles. The topological polar surface area (TPSA) is 33.0 Å². The zero-order valence-corrected chi connectivity index (χ0v) is 10.6. The van der Waals surface area contributed by atoms with Crippen LogP contribution in [0.15, 0.2) is 0 Å². The van der Waals surface area contributed by atoms with Crippen LogP contribution in [0.3, 0.4) is 0 Å². The fourth-order valence-electron chi connectivity index (χ4n) is 1.10. The van der Waals surface area contributed by atoms with Crippen LogP contribution >= 0.6 is 0 Å². The summed E-state index contributed by atoms with van der Waals surface area (Å²) in [7, 11) is -1.56. The van der Waals surface area contributed by atoms with Crippen LogP contribution in [0.1, 0.15) is 27.2 Å².